The molecule has 0 amide bonds. The van der Waals surface area contributed by atoms with Crippen LogP contribution in [0.25, 0.3) is 0 Å². The van der Waals surface area contributed by atoms with E-state index in [4.69, 9.17) is 10.3 Å². The zero-order chi connectivity index (χ0) is 13.0. The lowest BCUT2D eigenvalue weighted by Crippen LogP contribution is -2.10. The van der Waals surface area contributed by atoms with Crippen LogP contribution in [0.15, 0.2) is 29.4 Å². The largest absolute Gasteiger partial charge is 0.481 e. The van der Waals surface area contributed by atoms with Crippen molar-refractivity contribution in [1.29, 1.82) is 0 Å². The Labute approximate surface area is 106 Å². The summed E-state index contributed by atoms with van der Waals surface area (Å²) < 4.78 is 0. The van der Waals surface area contributed by atoms with E-state index in [1.807, 2.05) is 24.3 Å². The monoisotopic (exact) mass is 247 g/mol. The fraction of sp³-hybridized carbons (Fsp3) is 0.429. The molecule has 1 aliphatic rings. The molecule has 1 atom stereocenters. The first kappa shape index (κ1) is 12.6. The Bertz CT molecular complexity index is 451. The van der Waals surface area contributed by atoms with Crippen LogP contribution in [0.4, 0.5) is 0 Å². The van der Waals surface area contributed by atoms with E-state index >= 15 is 0 Å². The molecule has 1 aliphatic carbocycles. The fourth-order valence-electron chi connectivity index (χ4n) is 2.50. The molecule has 0 saturated heterocycles. The predicted octanol–water partition coefficient (Wildman–Crippen LogP) is 2.49. The first-order chi connectivity index (χ1) is 8.69. The second-order valence-corrected chi connectivity index (χ2v) is 4.77. The Balaban J connectivity index is 2.00. The van der Waals surface area contributed by atoms with E-state index in [0.717, 1.165) is 42.5 Å². The second kappa shape index (κ2) is 5.67. The lowest BCUT2D eigenvalue weighted by atomic mass is 9.96. The molecule has 0 spiro atoms. The SMILES string of the molecule is O=C(O)Cc1ccc(C[C@@H]2CCC/C2=N/O)cc1. The van der Waals surface area contributed by atoms with Crippen LogP contribution in [0.1, 0.15) is 30.4 Å². The van der Waals surface area contributed by atoms with E-state index in [0.29, 0.717) is 5.92 Å². The highest BCUT2D eigenvalue weighted by Gasteiger charge is 2.23. The fourth-order valence-corrected chi connectivity index (χ4v) is 2.50. The minimum Gasteiger partial charge on any atom is -0.481 e. The molecule has 0 aromatic heterocycles. The number of nitrogens with zero attached hydrogens (tertiary/aromatic N) is 1. The number of benzene rings is 1. The Hall–Kier alpha value is -1.84. The number of hydrogen-bond donors (Lipinski definition) is 2. The zero-order valence-electron chi connectivity index (χ0n) is 10.2. The topological polar surface area (TPSA) is 69.9 Å². The van der Waals surface area contributed by atoms with E-state index in [9.17, 15) is 4.79 Å². The van der Waals surface area contributed by atoms with Crippen molar-refractivity contribution < 1.29 is 15.1 Å². The van der Waals surface area contributed by atoms with Crippen molar-refractivity contribution in [3.05, 3.63) is 35.4 Å². The van der Waals surface area contributed by atoms with Crippen LogP contribution in [0.3, 0.4) is 0 Å². The average molecular weight is 247 g/mol. The minimum absolute atomic E-state index is 0.0626. The van der Waals surface area contributed by atoms with Crippen LogP contribution < -0.4 is 0 Å². The number of carboxylic acid groups (broad SMARTS) is 1. The van der Waals surface area contributed by atoms with Crippen molar-refractivity contribution in [1.82, 2.24) is 0 Å². The minimum atomic E-state index is -0.812. The molecular formula is C14H17NO3. The Morgan fingerprint density at radius 3 is 2.56 bits per heavy atom. The molecule has 4 nitrogen and oxygen atoms in total. The second-order valence-electron chi connectivity index (χ2n) is 4.77. The summed E-state index contributed by atoms with van der Waals surface area (Å²) in [6.45, 7) is 0. The summed E-state index contributed by atoms with van der Waals surface area (Å²) in [5.41, 5.74) is 2.87. The van der Waals surface area contributed by atoms with Gasteiger partial charge in [-0.05, 0) is 36.8 Å². The van der Waals surface area contributed by atoms with Gasteiger partial charge in [0.1, 0.15) is 0 Å². The van der Waals surface area contributed by atoms with Crippen molar-refractivity contribution >= 4 is 11.7 Å². The first-order valence-corrected chi connectivity index (χ1v) is 6.19. The van der Waals surface area contributed by atoms with E-state index in [1.54, 1.807) is 0 Å². The molecule has 0 unspecified atom stereocenters. The molecule has 4 heteroatoms. The van der Waals surface area contributed by atoms with Gasteiger partial charge in [-0.3, -0.25) is 4.79 Å². The molecule has 2 rings (SSSR count). The van der Waals surface area contributed by atoms with Gasteiger partial charge in [-0.15, -0.1) is 0 Å². The number of hydrogen-bond acceptors (Lipinski definition) is 3. The normalized spacial score (nSPS) is 21.3. The van der Waals surface area contributed by atoms with Crippen LogP contribution in [0.5, 0.6) is 0 Å². The van der Waals surface area contributed by atoms with E-state index in [1.165, 1.54) is 0 Å². The standard InChI is InChI=1S/C14H17NO3/c16-14(17)9-11-6-4-10(5-7-11)8-12-2-1-3-13(12)15-18/h4-7,12,18H,1-3,8-9H2,(H,16,17)/b15-13-/t12-/m0/s1. The molecule has 0 aliphatic heterocycles. The van der Waals surface area contributed by atoms with E-state index < -0.39 is 5.97 Å². The molecule has 1 aromatic carbocycles. The van der Waals surface area contributed by atoms with Crippen molar-refractivity contribution in [3.8, 4) is 0 Å². The third-order valence-electron chi connectivity index (χ3n) is 3.45. The Kier molecular flexibility index (Phi) is 3.97. The lowest BCUT2D eigenvalue weighted by Gasteiger charge is -2.10. The molecule has 1 fully saturated rings. The predicted molar refractivity (Wildman–Crippen MR) is 68.0 cm³/mol. The van der Waals surface area contributed by atoms with Crippen LogP contribution in [-0.4, -0.2) is 22.0 Å². The van der Waals surface area contributed by atoms with Gasteiger partial charge in [0, 0.05) is 5.92 Å². The molecule has 0 radical (unpaired) electrons. The summed E-state index contributed by atoms with van der Waals surface area (Å²) in [5.74, 6) is -0.478. The summed E-state index contributed by atoms with van der Waals surface area (Å²) >= 11 is 0. The maximum atomic E-state index is 10.6. The molecule has 2 N–H and O–H groups in total. The van der Waals surface area contributed by atoms with Crippen molar-refractivity contribution in [2.24, 2.45) is 11.1 Å². The highest BCUT2D eigenvalue weighted by molar-refractivity contribution is 5.88. The van der Waals surface area contributed by atoms with Crippen LogP contribution in [0.2, 0.25) is 0 Å². The van der Waals surface area contributed by atoms with Crippen molar-refractivity contribution in [2.75, 3.05) is 0 Å². The van der Waals surface area contributed by atoms with Gasteiger partial charge in [0.15, 0.2) is 0 Å². The maximum Gasteiger partial charge on any atom is 0.307 e. The molecule has 1 aromatic rings. The summed E-state index contributed by atoms with van der Waals surface area (Å²) in [7, 11) is 0. The summed E-state index contributed by atoms with van der Waals surface area (Å²) in [5, 5.41) is 20.9. The first-order valence-electron chi connectivity index (χ1n) is 6.19. The molecule has 0 heterocycles. The summed E-state index contributed by atoms with van der Waals surface area (Å²) in [4.78, 5) is 10.6. The lowest BCUT2D eigenvalue weighted by molar-refractivity contribution is -0.136. The quantitative estimate of drug-likeness (QED) is 0.634. The molecule has 18 heavy (non-hydrogen) atoms. The van der Waals surface area contributed by atoms with Gasteiger partial charge in [-0.25, -0.2) is 0 Å². The van der Waals surface area contributed by atoms with Crippen LogP contribution in [0, 0.1) is 5.92 Å². The van der Waals surface area contributed by atoms with E-state index in [2.05, 4.69) is 5.16 Å². The Morgan fingerprint density at radius 2 is 1.94 bits per heavy atom. The number of rotatable bonds is 4. The highest BCUT2D eigenvalue weighted by Crippen LogP contribution is 2.26. The maximum absolute atomic E-state index is 10.6. The number of carbonyl (C=O) groups is 1. The van der Waals surface area contributed by atoms with Gasteiger partial charge in [0.05, 0.1) is 12.1 Å². The van der Waals surface area contributed by atoms with E-state index in [-0.39, 0.29) is 6.42 Å². The number of aliphatic carboxylic acids is 1. The summed E-state index contributed by atoms with van der Waals surface area (Å²) in [6, 6.07) is 7.64. The molecule has 0 bridgehead atoms. The van der Waals surface area contributed by atoms with Gasteiger partial charge < -0.3 is 10.3 Å². The van der Waals surface area contributed by atoms with Gasteiger partial charge in [0.25, 0.3) is 0 Å². The van der Waals surface area contributed by atoms with Crippen molar-refractivity contribution in [2.45, 2.75) is 32.1 Å². The van der Waals surface area contributed by atoms with Crippen LogP contribution >= 0.6 is 0 Å². The van der Waals surface area contributed by atoms with Crippen molar-refractivity contribution in [3.63, 3.8) is 0 Å². The van der Waals surface area contributed by atoms with Gasteiger partial charge >= 0.3 is 5.97 Å². The van der Waals surface area contributed by atoms with Gasteiger partial charge in [-0.2, -0.15) is 0 Å². The van der Waals surface area contributed by atoms with Gasteiger partial charge in [0.2, 0.25) is 0 Å². The molecular weight excluding hydrogens is 230 g/mol. The summed E-state index contributed by atoms with van der Waals surface area (Å²) in [6.07, 6.45) is 3.97. The van der Waals surface area contributed by atoms with Crippen LogP contribution in [-0.2, 0) is 17.6 Å². The molecule has 96 valence electrons. The van der Waals surface area contributed by atoms with Gasteiger partial charge in [-0.1, -0.05) is 29.4 Å². The highest BCUT2D eigenvalue weighted by atomic mass is 16.4. The average Bonchev–Trinajstić information content (AvgIpc) is 2.78. The molecule has 1 saturated carbocycles. The zero-order valence-corrected chi connectivity index (χ0v) is 10.2. The smallest absolute Gasteiger partial charge is 0.307 e. The third-order valence-corrected chi connectivity index (χ3v) is 3.45. The Morgan fingerprint density at radius 1 is 1.28 bits per heavy atom. The number of carboxylic acids is 1. The third kappa shape index (κ3) is 3.09. The number of oxime groups is 1.